The summed E-state index contributed by atoms with van der Waals surface area (Å²) in [6.07, 6.45) is 0. The summed E-state index contributed by atoms with van der Waals surface area (Å²) >= 11 is 1.19. The van der Waals surface area contributed by atoms with Gasteiger partial charge >= 0.3 is 5.97 Å². The largest absolute Gasteiger partial charge is 0.481 e. The molecule has 18 heavy (non-hydrogen) atoms. The first-order valence-electron chi connectivity index (χ1n) is 5.40. The maximum absolute atomic E-state index is 10.6. The Hall–Kier alpha value is -2.00. The topological polar surface area (TPSA) is 78.9 Å². The molecule has 1 heterocycles. The molecule has 0 saturated carbocycles. The van der Waals surface area contributed by atoms with Crippen molar-refractivity contribution < 1.29 is 9.90 Å². The Balaban J connectivity index is 2.48. The Morgan fingerprint density at radius 2 is 2.39 bits per heavy atom. The zero-order valence-corrected chi connectivity index (χ0v) is 10.6. The molecule has 1 aromatic heterocycles. The first-order chi connectivity index (χ1) is 8.65. The Bertz CT molecular complexity index is 643. The third-order valence-corrected chi connectivity index (χ3v) is 3.44. The summed E-state index contributed by atoms with van der Waals surface area (Å²) in [7, 11) is 0. The highest BCUT2D eigenvalue weighted by Crippen LogP contribution is 2.24. The van der Waals surface area contributed by atoms with E-state index in [0.717, 1.165) is 11.0 Å². The summed E-state index contributed by atoms with van der Waals surface area (Å²) in [5.74, 6) is -0.888. The van der Waals surface area contributed by atoms with Crippen molar-refractivity contribution in [3.05, 3.63) is 23.8 Å². The number of carboxylic acid groups (broad SMARTS) is 1. The summed E-state index contributed by atoms with van der Waals surface area (Å²) < 4.78 is 1.92. The van der Waals surface area contributed by atoms with E-state index >= 15 is 0 Å². The van der Waals surface area contributed by atoms with Crippen molar-refractivity contribution in [2.45, 2.75) is 18.6 Å². The van der Waals surface area contributed by atoms with Gasteiger partial charge in [-0.1, -0.05) is 11.8 Å². The van der Waals surface area contributed by atoms with Crippen molar-refractivity contribution in [3.63, 3.8) is 0 Å². The number of imidazole rings is 1. The third kappa shape index (κ3) is 2.31. The molecule has 2 aromatic rings. The highest BCUT2D eigenvalue weighted by molar-refractivity contribution is 7.99. The van der Waals surface area contributed by atoms with E-state index in [-0.39, 0.29) is 5.75 Å². The van der Waals surface area contributed by atoms with Crippen LogP contribution >= 0.6 is 11.8 Å². The number of aryl methyl sites for hydroxylation is 1. The number of carbonyl (C=O) groups is 1. The monoisotopic (exact) mass is 261 g/mol. The fourth-order valence-electron chi connectivity index (χ4n) is 1.71. The number of fused-ring (bicyclic) bond motifs is 1. The second kappa shape index (κ2) is 5.10. The lowest BCUT2D eigenvalue weighted by molar-refractivity contribution is -0.133. The minimum atomic E-state index is -0.868. The zero-order chi connectivity index (χ0) is 13.1. The van der Waals surface area contributed by atoms with Crippen LogP contribution in [0.2, 0.25) is 0 Å². The molecule has 0 fully saturated rings. The van der Waals surface area contributed by atoms with Crippen LogP contribution in [0.1, 0.15) is 12.5 Å². The fourth-order valence-corrected chi connectivity index (χ4v) is 2.51. The minimum Gasteiger partial charge on any atom is -0.481 e. The van der Waals surface area contributed by atoms with Gasteiger partial charge in [-0.15, -0.1) is 0 Å². The summed E-state index contributed by atoms with van der Waals surface area (Å²) in [6.45, 7) is 2.65. The highest BCUT2D eigenvalue weighted by atomic mass is 32.2. The number of aliphatic carboxylic acids is 1. The number of hydrogen-bond acceptors (Lipinski definition) is 4. The molecule has 6 heteroatoms. The van der Waals surface area contributed by atoms with Gasteiger partial charge in [-0.05, 0) is 25.1 Å². The normalized spacial score (nSPS) is 10.4. The number of benzene rings is 1. The molecule has 0 atom stereocenters. The van der Waals surface area contributed by atoms with E-state index in [2.05, 4.69) is 11.1 Å². The standard InChI is InChI=1S/C12H11N3O2S/c1-2-15-10-5-8(6-13)3-4-9(10)14-12(15)18-7-11(16)17/h3-5H,2,7H2,1H3,(H,16,17). The molecule has 0 aliphatic carbocycles. The van der Waals surface area contributed by atoms with Crippen molar-refractivity contribution >= 4 is 28.8 Å². The van der Waals surface area contributed by atoms with Crippen LogP contribution in [0, 0.1) is 11.3 Å². The number of carboxylic acids is 1. The van der Waals surface area contributed by atoms with Gasteiger partial charge in [0.05, 0.1) is 28.4 Å². The molecule has 2 rings (SSSR count). The van der Waals surface area contributed by atoms with Gasteiger partial charge in [0, 0.05) is 6.54 Å². The van der Waals surface area contributed by atoms with Crippen LogP contribution in [0.5, 0.6) is 0 Å². The van der Waals surface area contributed by atoms with Gasteiger partial charge in [0.15, 0.2) is 5.16 Å². The van der Waals surface area contributed by atoms with E-state index < -0.39 is 5.97 Å². The molecule has 0 bridgehead atoms. The highest BCUT2D eigenvalue weighted by Gasteiger charge is 2.11. The Kier molecular flexibility index (Phi) is 3.53. The average molecular weight is 261 g/mol. The van der Waals surface area contributed by atoms with Crippen LogP contribution in [0.25, 0.3) is 11.0 Å². The fraction of sp³-hybridized carbons (Fsp3) is 0.250. The van der Waals surface area contributed by atoms with Crippen LogP contribution in [0.4, 0.5) is 0 Å². The van der Waals surface area contributed by atoms with Gasteiger partial charge in [0.1, 0.15) is 0 Å². The number of nitrogens with zero attached hydrogens (tertiary/aromatic N) is 3. The van der Waals surface area contributed by atoms with Crippen molar-refractivity contribution in [3.8, 4) is 6.07 Å². The van der Waals surface area contributed by atoms with Crippen LogP contribution in [-0.4, -0.2) is 26.4 Å². The van der Waals surface area contributed by atoms with Gasteiger partial charge in [-0.25, -0.2) is 4.98 Å². The quantitative estimate of drug-likeness (QED) is 0.853. The SMILES string of the molecule is CCn1c(SCC(=O)O)nc2ccc(C#N)cc21. The molecule has 5 nitrogen and oxygen atoms in total. The Morgan fingerprint density at radius 3 is 3.00 bits per heavy atom. The van der Waals surface area contributed by atoms with Gasteiger partial charge in [0.2, 0.25) is 0 Å². The lowest BCUT2D eigenvalue weighted by Crippen LogP contribution is -2.02. The van der Waals surface area contributed by atoms with E-state index in [1.165, 1.54) is 11.8 Å². The van der Waals surface area contributed by atoms with Crippen molar-refractivity contribution in [1.82, 2.24) is 9.55 Å². The summed E-state index contributed by atoms with van der Waals surface area (Å²) in [5, 5.41) is 18.2. The predicted molar refractivity (Wildman–Crippen MR) is 68.5 cm³/mol. The molecular weight excluding hydrogens is 250 g/mol. The van der Waals surface area contributed by atoms with Gasteiger partial charge in [0.25, 0.3) is 0 Å². The molecule has 0 spiro atoms. The summed E-state index contributed by atoms with van der Waals surface area (Å²) in [6, 6.07) is 7.35. The molecule has 92 valence electrons. The van der Waals surface area contributed by atoms with E-state index in [9.17, 15) is 4.79 Å². The second-order valence-corrected chi connectivity index (χ2v) is 4.58. The molecule has 1 aromatic carbocycles. The number of aromatic nitrogens is 2. The van der Waals surface area contributed by atoms with E-state index in [1.807, 2.05) is 11.5 Å². The van der Waals surface area contributed by atoms with Crippen molar-refractivity contribution in [2.24, 2.45) is 0 Å². The van der Waals surface area contributed by atoms with Gasteiger partial charge in [-0.3, -0.25) is 4.79 Å². The van der Waals surface area contributed by atoms with Crippen LogP contribution < -0.4 is 0 Å². The Morgan fingerprint density at radius 1 is 1.61 bits per heavy atom. The molecule has 0 radical (unpaired) electrons. The van der Waals surface area contributed by atoms with Gasteiger partial charge < -0.3 is 9.67 Å². The number of rotatable bonds is 4. The molecule has 1 N–H and O–H groups in total. The predicted octanol–water partition coefficient (Wildman–Crippen LogP) is 2.10. The minimum absolute atomic E-state index is 0.0194. The maximum atomic E-state index is 10.6. The zero-order valence-electron chi connectivity index (χ0n) is 9.75. The van der Waals surface area contributed by atoms with E-state index in [1.54, 1.807) is 18.2 Å². The lowest BCUT2D eigenvalue weighted by Gasteiger charge is -2.03. The first-order valence-corrected chi connectivity index (χ1v) is 6.39. The Labute approximate surface area is 108 Å². The van der Waals surface area contributed by atoms with Crippen molar-refractivity contribution in [2.75, 3.05) is 5.75 Å². The molecule has 0 saturated heterocycles. The van der Waals surface area contributed by atoms with Crippen LogP contribution in [-0.2, 0) is 11.3 Å². The lowest BCUT2D eigenvalue weighted by atomic mass is 10.2. The second-order valence-electron chi connectivity index (χ2n) is 3.64. The molecule has 0 amide bonds. The van der Waals surface area contributed by atoms with Crippen LogP contribution in [0.3, 0.4) is 0 Å². The summed E-state index contributed by atoms with van der Waals surface area (Å²) in [4.78, 5) is 15.0. The molecule has 0 aliphatic heterocycles. The maximum Gasteiger partial charge on any atom is 0.313 e. The van der Waals surface area contributed by atoms with Crippen molar-refractivity contribution in [1.29, 1.82) is 5.26 Å². The smallest absolute Gasteiger partial charge is 0.313 e. The molecule has 0 aliphatic rings. The van der Waals surface area contributed by atoms with E-state index in [0.29, 0.717) is 17.3 Å². The number of hydrogen-bond donors (Lipinski definition) is 1. The average Bonchev–Trinajstić information content (AvgIpc) is 2.72. The number of nitriles is 1. The number of thioether (sulfide) groups is 1. The third-order valence-electron chi connectivity index (χ3n) is 2.48. The van der Waals surface area contributed by atoms with Gasteiger partial charge in [-0.2, -0.15) is 5.26 Å². The first kappa shape index (κ1) is 12.5. The van der Waals surface area contributed by atoms with E-state index in [4.69, 9.17) is 10.4 Å². The molecule has 0 unspecified atom stereocenters. The molecular formula is C12H11N3O2S. The van der Waals surface area contributed by atoms with Crippen LogP contribution in [0.15, 0.2) is 23.4 Å². The summed E-state index contributed by atoms with van der Waals surface area (Å²) in [5.41, 5.74) is 2.22.